The van der Waals surface area contributed by atoms with E-state index in [0.29, 0.717) is 5.56 Å². The maximum Gasteiger partial charge on any atom is 0.255 e. The molecule has 0 spiro atoms. The van der Waals surface area contributed by atoms with Gasteiger partial charge in [0.1, 0.15) is 12.1 Å². The Morgan fingerprint density at radius 2 is 2.56 bits per heavy atom. The van der Waals surface area contributed by atoms with Crippen LogP contribution >= 0.6 is 0 Å². The van der Waals surface area contributed by atoms with Crippen LogP contribution in [0.25, 0.3) is 0 Å². The highest BCUT2D eigenvalue weighted by atomic mass is 16.3. The quantitative estimate of drug-likeness (QED) is 0.824. The fourth-order valence-electron chi connectivity index (χ4n) is 1.47. The molecule has 0 bridgehead atoms. The highest BCUT2D eigenvalue weighted by molar-refractivity contribution is 5.93. The summed E-state index contributed by atoms with van der Waals surface area (Å²) < 4.78 is 4.86. The zero-order valence-corrected chi connectivity index (χ0v) is 8.93. The molecule has 1 unspecified atom stereocenters. The van der Waals surface area contributed by atoms with Gasteiger partial charge in [-0.15, -0.1) is 0 Å². The lowest BCUT2D eigenvalue weighted by Crippen LogP contribution is -2.28. The fourth-order valence-corrected chi connectivity index (χ4v) is 1.47. The molecule has 84 valence electrons. The zero-order valence-electron chi connectivity index (χ0n) is 8.93. The largest absolute Gasteiger partial charge is 0.472 e. The van der Waals surface area contributed by atoms with E-state index < -0.39 is 0 Å². The molecule has 2 rings (SSSR count). The molecule has 0 fully saturated rings. The normalized spacial score (nSPS) is 12.3. The van der Waals surface area contributed by atoms with E-state index in [1.165, 1.54) is 12.5 Å². The van der Waals surface area contributed by atoms with E-state index in [2.05, 4.69) is 15.3 Å². The first-order chi connectivity index (χ1) is 7.81. The number of aromatic nitrogens is 2. The number of hydrogen-bond acceptors (Lipinski definition) is 3. The van der Waals surface area contributed by atoms with Gasteiger partial charge >= 0.3 is 0 Å². The molecule has 1 atom stereocenters. The van der Waals surface area contributed by atoms with E-state index in [1.807, 2.05) is 6.92 Å². The van der Waals surface area contributed by atoms with Crippen LogP contribution in [0.15, 0.2) is 35.4 Å². The second-order valence-electron chi connectivity index (χ2n) is 3.42. The monoisotopic (exact) mass is 219 g/mol. The fraction of sp³-hybridized carbons (Fsp3) is 0.273. The van der Waals surface area contributed by atoms with Gasteiger partial charge in [-0.25, -0.2) is 4.98 Å². The van der Waals surface area contributed by atoms with Crippen molar-refractivity contribution in [3.63, 3.8) is 0 Å². The first-order valence-electron chi connectivity index (χ1n) is 5.13. The number of H-pyrrole nitrogens is 1. The third-order valence-electron chi connectivity index (χ3n) is 2.35. The molecular formula is C11H13N3O2. The van der Waals surface area contributed by atoms with Crippen LogP contribution in [0.3, 0.4) is 0 Å². The van der Waals surface area contributed by atoms with E-state index >= 15 is 0 Å². The van der Waals surface area contributed by atoms with Crippen molar-refractivity contribution in [1.29, 1.82) is 0 Å². The van der Waals surface area contributed by atoms with Gasteiger partial charge in [-0.3, -0.25) is 4.79 Å². The molecule has 2 heterocycles. The second-order valence-corrected chi connectivity index (χ2v) is 3.42. The topological polar surface area (TPSA) is 70.9 Å². The average molecular weight is 219 g/mol. The summed E-state index contributed by atoms with van der Waals surface area (Å²) >= 11 is 0. The van der Waals surface area contributed by atoms with Gasteiger partial charge in [0.25, 0.3) is 5.91 Å². The molecule has 5 nitrogen and oxygen atoms in total. The number of carbonyl (C=O) groups excluding carboxylic acids is 1. The number of imidazole rings is 1. The molecule has 0 aromatic carbocycles. The van der Waals surface area contributed by atoms with Gasteiger partial charge in [-0.1, -0.05) is 6.92 Å². The molecular weight excluding hydrogens is 206 g/mol. The number of aromatic amines is 1. The number of hydrogen-bond donors (Lipinski definition) is 2. The minimum absolute atomic E-state index is 0.0996. The van der Waals surface area contributed by atoms with Crippen LogP contribution < -0.4 is 5.32 Å². The van der Waals surface area contributed by atoms with Crippen molar-refractivity contribution in [2.75, 3.05) is 0 Å². The summed E-state index contributed by atoms with van der Waals surface area (Å²) in [6.45, 7) is 1.99. The molecule has 2 aromatic rings. The van der Waals surface area contributed by atoms with Crippen molar-refractivity contribution in [3.05, 3.63) is 42.4 Å². The summed E-state index contributed by atoms with van der Waals surface area (Å²) in [4.78, 5) is 18.9. The van der Waals surface area contributed by atoms with E-state index in [4.69, 9.17) is 4.42 Å². The smallest absolute Gasteiger partial charge is 0.255 e. The summed E-state index contributed by atoms with van der Waals surface area (Å²) in [6, 6.07) is 1.53. The molecule has 16 heavy (non-hydrogen) atoms. The van der Waals surface area contributed by atoms with Crippen LogP contribution in [-0.2, 0) is 0 Å². The minimum atomic E-state index is -0.156. The summed E-state index contributed by atoms with van der Waals surface area (Å²) in [7, 11) is 0. The van der Waals surface area contributed by atoms with Gasteiger partial charge in [0.05, 0.1) is 17.9 Å². The van der Waals surface area contributed by atoms with Crippen LogP contribution in [0.4, 0.5) is 0 Å². The summed E-state index contributed by atoms with van der Waals surface area (Å²) in [5.74, 6) is 0.608. The van der Waals surface area contributed by atoms with Crippen LogP contribution in [0.2, 0.25) is 0 Å². The SMILES string of the molecule is CCC(NC(=O)c1ccoc1)c1ncc[nH]1. The predicted molar refractivity (Wildman–Crippen MR) is 57.8 cm³/mol. The third-order valence-corrected chi connectivity index (χ3v) is 2.35. The third kappa shape index (κ3) is 2.13. The second kappa shape index (κ2) is 4.65. The van der Waals surface area contributed by atoms with Crippen LogP contribution in [0.5, 0.6) is 0 Å². The molecule has 0 saturated carbocycles. The highest BCUT2D eigenvalue weighted by Crippen LogP contribution is 2.12. The van der Waals surface area contributed by atoms with Crippen molar-refractivity contribution < 1.29 is 9.21 Å². The average Bonchev–Trinajstić information content (AvgIpc) is 2.96. The lowest BCUT2D eigenvalue weighted by Gasteiger charge is -2.13. The van der Waals surface area contributed by atoms with Gasteiger partial charge in [0, 0.05) is 12.4 Å². The summed E-state index contributed by atoms with van der Waals surface area (Å²) in [6.07, 6.45) is 7.08. The maximum atomic E-state index is 11.8. The van der Waals surface area contributed by atoms with Gasteiger partial charge in [0.2, 0.25) is 0 Å². The molecule has 1 amide bonds. The molecule has 0 aliphatic heterocycles. The van der Waals surface area contributed by atoms with Crippen molar-refractivity contribution in [1.82, 2.24) is 15.3 Å². The van der Waals surface area contributed by atoms with E-state index in [1.54, 1.807) is 18.5 Å². The van der Waals surface area contributed by atoms with Crippen LogP contribution in [0.1, 0.15) is 35.6 Å². The van der Waals surface area contributed by atoms with Crippen LogP contribution in [0, 0.1) is 0 Å². The van der Waals surface area contributed by atoms with E-state index in [9.17, 15) is 4.79 Å². The molecule has 2 N–H and O–H groups in total. The van der Waals surface area contributed by atoms with Gasteiger partial charge in [0.15, 0.2) is 0 Å². The van der Waals surface area contributed by atoms with Crippen LogP contribution in [-0.4, -0.2) is 15.9 Å². The van der Waals surface area contributed by atoms with Crippen molar-refractivity contribution in [2.45, 2.75) is 19.4 Å². The standard InChI is InChI=1S/C11H13N3O2/c1-2-9(10-12-4-5-13-10)14-11(15)8-3-6-16-7-8/h3-7,9H,2H2,1H3,(H,12,13)(H,14,15). The molecule has 2 aromatic heterocycles. The van der Waals surface area contributed by atoms with E-state index in [0.717, 1.165) is 12.2 Å². The number of furan rings is 1. The van der Waals surface area contributed by atoms with Gasteiger partial charge < -0.3 is 14.7 Å². The molecule has 0 radical (unpaired) electrons. The van der Waals surface area contributed by atoms with Crippen molar-refractivity contribution >= 4 is 5.91 Å². The lowest BCUT2D eigenvalue weighted by atomic mass is 10.2. The number of nitrogens with one attached hydrogen (secondary N) is 2. The Hall–Kier alpha value is -2.04. The minimum Gasteiger partial charge on any atom is -0.472 e. The number of rotatable bonds is 4. The predicted octanol–water partition coefficient (Wildman–Crippen LogP) is 1.88. The van der Waals surface area contributed by atoms with E-state index in [-0.39, 0.29) is 11.9 Å². The first-order valence-corrected chi connectivity index (χ1v) is 5.13. The lowest BCUT2D eigenvalue weighted by molar-refractivity contribution is 0.0933. The van der Waals surface area contributed by atoms with Crippen molar-refractivity contribution in [2.24, 2.45) is 0 Å². The van der Waals surface area contributed by atoms with Crippen molar-refractivity contribution in [3.8, 4) is 0 Å². The Kier molecular flexibility index (Phi) is 3.05. The number of carbonyl (C=O) groups is 1. The number of amides is 1. The molecule has 5 heteroatoms. The summed E-state index contributed by atoms with van der Waals surface area (Å²) in [5.41, 5.74) is 0.519. The Morgan fingerprint density at radius 1 is 1.69 bits per heavy atom. The molecule has 0 aliphatic rings. The highest BCUT2D eigenvalue weighted by Gasteiger charge is 2.16. The Bertz CT molecular complexity index is 434. The van der Waals surface area contributed by atoms with Gasteiger partial charge in [-0.05, 0) is 12.5 Å². The summed E-state index contributed by atoms with van der Waals surface area (Å²) in [5, 5.41) is 2.88. The Balaban J connectivity index is 2.05. The number of nitrogens with zero attached hydrogens (tertiary/aromatic N) is 1. The maximum absolute atomic E-state index is 11.8. The Labute approximate surface area is 92.9 Å². The zero-order chi connectivity index (χ0) is 11.4. The first kappa shape index (κ1) is 10.5. The van der Waals surface area contributed by atoms with Gasteiger partial charge in [-0.2, -0.15) is 0 Å². The molecule has 0 aliphatic carbocycles. The molecule has 0 saturated heterocycles. The Morgan fingerprint density at radius 3 is 3.12 bits per heavy atom.